The number of nitrogens with one attached hydrogen (secondary N) is 1. The van der Waals surface area contributed by atoms with Crippen LogP contribution in [0.3, 0.4) is 0 Å². The molecule has 0 spiro atoms. The van der Waals surface area contributed by atoms with Crippen LogP contribution in [-0.2, 0) is 6.42 Å². The summed E-state index contributed by atoms with van der Waals surface area (Å²) in [6.07, 6.45) is 3.01. The molecule has 0 amide bonds. The van der Waals surface area contributed by atoms with Gasteiger partial charge >= 0.3 is 0 Å². The normalized spacial score (nSPS) is 11.1. The number of hydrogen-bond acceptors (Lipinski definition) is 3. The molecule has 0 aliphatic rings. The lowest BCUT2D eigenvalue weighted by Crippen LogP contribution is -1.99. The SMILES string of the molecule is CCOc1ccc2[nH]c(-c3cc(Br)ccc3OC)c(CCCCN)c2c1. The summed E-state index contributed by atoms with van der Waals surface area (Å²) < 4.78 is 12.3. The van der Waals surface area contributed by atoms with Crippen molar-refractivity contribution in [3.05, 3.63) is 46.4 Å². The first-order valence-corrected chi connectivity index (χ1v) is 9.78. The summed E-state index contributed by atoms with van der Waals surface area (Å²) in [5, 5.41) is 1.20. The van der Waals surface area contributed by atoms with E-state index in [2.05, 4.69) is 39.1 Å². The van der Waals surface area contributed by atoms with Gasteiger partial charge in [-0.3, -0.25) is 0 Å². The number of halogens is 1. The second-order valence-corrected chi connectivity index (χ2v) is 7.13. The van der Waals surface area contributed by atoms with Gasteiger partial charge in [0.15, 0.2) is 0 Å². The third-order valence-electron chi connectivity index (χ3n) is 4.50. The second-order valence-electron chi connectivity index (χ2n) is 6.21. The lowest BCUT2D eigenvalue weighted by atomic mass is 9.99. The molecule has 138 valence electrons. The van der Waals surface area contributed by atoms with Crippen molar-refractivity contribution in [1.29, 1.82) is 0 Å². The highest BCUT2D eigenvalue weighted by Gasteiger charge is 2.17. The molecule has 0 radical (unpaired) electrons. The van der Waals surface area contributed by atoms with Gasteiger partial charge in [0.25, 0.3) is 0 Å². The zero-order valence-corrected chi connectivity index (χ0v) is 16.9. The van der Waals surface area contributed by atoms with E-state index in [1.54, 1.807) is 7.11 Å². The molecule has 26 heavy (non-hydrogen) atoms. The summed E-state index contributed by atoms with van der Waals surface area (Å²) in [5.41, 5.74) is 10.2. The molecule has 0 unspecified atom stereocenters. The largest absolute Gasteiger partial charge is 0.496 e. The minimum Gasteiger partial charge on any atom is -0.496 e. The average molecular weight is 417 g/mol. The summed E-state index contributed by atoms with van der Waals surface area (Å²) in [6.45, 7) is 3.37. The molecule has 3 N–H and O–H groups in total. The molecular weight excluding hydrogens is 392 g/mol. The van der Waals surface area contributed by atoms with Gasteiger partial charge in [-0.05, 0) is 74.7 Å². The van der Waals surface area contributed by atoms with Crippen LogP contribution < -0.4 is 15.2 Å². The van der Waals surface area contributed by atoms with Gasteiger partial charge in [-0.1, -0.05) is 15.9 Å². The van der Waals surface area contributed by atoms with E-state index in [1.807, 2.05) is 25.1 Å². The van der Waals surface area contributed by atoms with Gasteiger partial charge in [-0.15, -0.1) is 0 Å². The predicted octanol–water partition coefficient (Wildman–Crippen LogP) is 5.29. The van der Waals surface area contributed by atoms with Gasteiger partial charge in [-0.25, -0.2) is 0 Å². The maximum atomic E-state index is 5.71. The lowest BCUT2D eigenvalue weighted by Gasteiger charge is -2.11. The number of hydrogen-bond donors (Lipinski definition) is 2. The van der Waals surface area contributed by atoms with E-state index in [1.165, 1.54) is 10.9 Å². The molecule has 1 aromatic heterocycles. The third-order valence-corrected chi connectivity index (χ3v) is 4.99. The molecule has 1 heterocycles. The van der Waals surface area contributed by atoms with Gasteiger partial charge in [0.1, 0.15) is 11.5 Å². The van der Waals surface area contributed by atoms with Crippen molar-refractivity contribution in [1.82, 2.24) is 4.98 Å². The van der Waals surface area contributed by atoms with Crippen LogP contribution in [0, 0.1) is 0 Å². The van der Waals surface area contributed by atoms with Crippen LogP contribution in [-0.4, -0.2) is 25.2 Å². The fourth-order valence-electron chi connectivity index (χ4n) is 3.29. The number of fused-ring (bicyclic) bond motifs is 1. The Morgan fingerprint density at radius 3 is 2.69 bits per heavy atom. The molecule has 3 rings (SSSR count). The van der Waals surface area contributed by atoms with Crippen molar-refractivity contribution in [3.8, 4) is 22.8 Å². The summed E-state index contributed by atoms with van der Waals surface area (Å²) in [7, 11) is 1.71. The molecule has 0 bridgehead atoms. The minimum atomic E-state index is 0.657. The molecule has 0 fully saturated rings. The van der Waals surface area contributed by atoms with Gasteiger partial charge in [0, 0.05) is 20.9 Å². The van der Waals surface area contributed by atoms with E-state index >= 15 is 0 Å². The number of aromatic amines is 1. The van der Waals surface area contributed by atoms with Gasteiger partial charge in [-0.2, -0.15) is 0 Å². The van der Waals surface area contributed by atoms with E-state index < -0.39 is 0 Å². The molecule has 5 heteroatoms. The first-order chi connectivity index (χ1) is 12.7. The number of H-pyrrole nitrogens is 1. The van der Waals surface area contributed by atoms with E-state index in [4.69, 9.17) is 15.2 Å². The Balaban J connectivity index is 2.17. The van der Waals surface area contributed by atoms with Crippen LogP contribution in [0.1, 0.15) is 25.3 Å². The first kappa shape index (κ1) is 18.8. The Hall–Kier alpha value is -1.98. The van der Waals surface area contributed by atoms with Crippen LogP contribution in [0.2, 0.25) is 0 Å². The van der Waals surface area contributed by atoms with Crippen molar-refractivity contribution in [2.24, 2.45) is 5.73 Å². The monoisotopic (exact) mass is 416 g/mol. The zero-order chi connectivity index (χ0) is 18.5. The number of aromatic nitrogens is 1. The van der Waals surface area contributed by atoms with Crippen LogP contribution in [0.15, 0.2) is 40.9 Å². The Labute approximate surface area is 162 Å². The maximum absolute atomic E-state index is 5.71. The van der Waals surface area contributed by atoms with Crippen LogP contribution >= 0.6 is 15.9 Å². The third kappa shape index (κ3) is 3.89. The van der Waals surface area contributed by atoms with Crippen molar-refractivity contribution < 1.29 is 9.47 Å². The Kier molecular flexibility index (Phi) is 6.22. The van der Waals surface area contributed by atoms with Crippen molar-refractivity contribution in [3.63, 3.8) is 0 Å². The van der Waals surface area contributed by atoms with Gasteiger partial charge in [0.05, 0.1) is 19.4 Å². The number of nitrogens with two attached hydrogens (primary N) is 1. The quantitative estimate of drug-likeness (QED) is 0.490. The number of unbranched alkanes of at least 4 members (excludes halogenated alkanes) is 1. The van der Waals surface area contributed by atoms with E-state index in [0.29, 0.717) is 13.2 Å². The summed E-state index contributed by atoms with van der Waals surface area (Å²) in [4.78, 5) is 3.59. The summed E-state index contributed by atoms with van der Waals surface area (Å²) in [5.74, 6) is 1.75. The van der Waals surface area contributed by atoms with Gasteiger partial charge in [0.2, 0.25) is 0 Å². The van der Waals surface area contributed by atoms with Gasteiger partial charge < -0.3 is 20.2 Å². The average Bonchev–Trinajstić information content (AvgIpc) is 3.00. The fraction of sp³-hybridized carbons (Fsp3) is 0.333. The van der Waals surface area contributed by atoms with E-state index in [0.717, 1.165) is 52.0 Å². The maximum Gasteiger partial charge on any atom is 0.128 e. The smallest absolute Gasteiger partial charge is 0.128 e. The summed E-state index contributed by atoms with van der Waals surface area (Å²) >= 11 is 3.58. The Morgan fingerprint density at radius 2 is 1.96 bits per heavy atom. The molecule has 0 saturated carbocycles. The molecule has 0 aliphatic heterocycles. The molecule has 0 aliphatic carbocycles. The summed E-state index contributed by atoms with van der Waals surface area (Å²) in [6, 6.07) is 12.3. The molecule has 0 atom stereocenters. The number of benzene rings is 2. The highest BCUT2D eigenvalue weighted by Crippen LogP contribution is 2.39. The van der Waals surface area contributed by atoms with Crippen molar-refractivity contribution >= 4 is 26.8 Å². The van der Waals surface area contributed by atoms with Crippen LogP contribution in [0.25, 0.3) is 22.2 Å². The predicted molar refractivity (Wildman–Crippen MR) is 111 cm³/mol. The highest BCUT2D eigenvalue weighted by molar-refractivity contribution is 9.10. The number of ether oxygens (including phenoxy) is 2. The standard InChI is InChI=1S/C21H25BrN2O2/c1-3-26-15-8-9-19-17(13-15)16(6-4-5-11-23)21(24-19)18-12-14(22)7-10-20(18)25-2/h7-10,12-13,24H,3-6,11,23H2,1-2H3. The van der Waals surface area contributed by atoms with E-state index in [9.17, 15) is 0 Å². The minimum absolute atomic E-state index is 0.657. The van der Waals surface area contributed by atoms with Crippen molar-refractivity contribution in [2.75, 3.05) is 20.3 Å². The molecule has 2 aromatic carbocycles. The zero-order valence-electron chi connectivity index (χ0n) is 15.3. The van der Waals surface area contributed by atoms with Crippen LogP contribution in [0.5, 0.6) is 11.5 Å². The Morgan fingerprint density at radius 1 is 1.12 bits per heavy atom. The molecule has 0 saturated heterocycles. The van der Waals surface area contributed by atoms with Crippen molar-refractivity contribution in [2.45, 2.75) is 26.2 Å². The highest BCUT2D eigenvalue weighted by atomic mass is 79.9. The molecule has 3 aromatic rings. The molecule has 4 nitrogen and oxygen atoms in total. The number of rotatable bonds is 8. The lowest BCUT2D eigenvalue weighted by molar-refractivity contribution is 0.340. The fourth-order valence-corrected chi connectivity index (χ4v) is 3.66. The molecular formula is C21H25BrN2O2. The Bertz CT molecular complexity index is 889. The number of methoxy groups -OCH3 is 1. The topological polar surface area (TPSA) is 60.3 Å². The first-order valence-electron chi connectivity index (χ1n) is 8.99. The second kappa shape index (κ2) is 8.60. The number of aryl methyl sites for hydroxylation is 1. The van der Waals surface area contributed by atoms with E-state index in [-0.39, 0.29) is 0 Å². The van der Waals surface area contributed by atoms with Crippen LogP contribution in [0.4, 0.5) is 0 Å².